The van der Waals surface area contributed by atoms with Crippen LogP contribution in [0.1, 0.15) is 51.5 Å². The van der Waals surface area contributed by atoms with Crippen LogP contribution in [-0.2, 0) is 30.3 Å². The van der Waals surface area contributed by atoms with E-state index in [9.17, 15) is 19.2 Å². The zero-order valence-electron chi connectivity index (χ0n) is 20.2. The first-order chi connectivity index (χ1) is 15.9. The number of carbonyl (C=O) groups excluding carboxylic acids is 2. The third kappa shape index (κ3) is 5.74. The summed E-state index contributed by atoms with van der Waals surface area (Å²) in [6.45, 7) is 7.99. The number of rotatable bonds is 6. The molecule has 1 aliphatic heterocycles. The third-order valence-electron chi connectivity index (χ3n) is 5.21. The number of ether oxygens (including phenoxy) is 4. The standard InChI is InChI=1S/C24H30N2O8/c1-14-12-25(23(30)26(21(14)28)13-16-7-9-17(31-6)10-8-16)19-11-18(32-15(2)27)20(33-19)22(29)34-24(3,4)5/h7-10,12,18-20H,11,13H2,1-6H3/t18-,19+,20-/m0/s1. The van der Waals surface area contributed by atoms with E-state index < -0.39 is 47.2 Å². The molecular weight excluding hydrogens is 444 g/mol. The number of hydrogen-bond acceptors (Lipinski definition) is 8. The molecule has 0 aliphatic carbocycles. The monoisotopic (exact) mass is 474 g/mol. The molecule has 184 valence electrons. The van der Waals surface area contributed by atoms with Gasteiger partial charge in [-0.25, -0.2) is 9.59 Å². The van der Waals surface area contributed by atoms with Crippen molar-refractivity contribution in [2.24, 2.45) is 0 Å². The molecule has 3 atom stereocenters. The van der Waals surface area contributed by atoms with Crippen molar-refractivity contribution >= 4 is 11.9 Å². The van der Waals surface area contributed by atoms with Gasteiger partial charge in [0.1, 0.15) is 23.7 Å². The molecule has 0 bridgehead atoms. The zero-order valence-corrected chi connectivity index (χ0v) is 20.2. The van der Waals surface area contributed by atoms with E-state index in [0.29, 0.717) is 11.3 Å². The van der Waals surface area contributed by atoms with E-state index >= 15 is 0 Å². The van der Waals surface area contributed by atoms with E-state index in [1.54, 1.807) is 59.1 Å². The molecule has 34 heavy (non-hydrogen) atoms. The lowest BCUT2D eigenvalue weighted by molar-refractivity contribution is -0.176. The number of nitrogens with zero attached hydrogens (tertiary/aromatic N) is 2. The first-order valence-electron chi connectivity index (χ1n) is 10.9. The summed E-state index contributed by atoms with van der Waals surface area (Å²) in [4.78, 5) is 50.4. The van der Waals surface area contributed by atoms with Crippen molar-refractivity contribution in [3.05, 3.63) is 62.4 Å². The fourth-order valence-corrected chi connectivity index (χ4v) is 3.72. The Morgan fingerprint density at radius 2 is 1.79 bits per heavy atom. The van der Waals surface area contributed by atoms with Crippen LogP contribution < -0.4 is 16.0 Å². The first kappa shape index (κ1) is 25.2. The quantitative estimate of drug-likeness (QED) is 0.584. The van der Waals surface area contributed by atoms with Crippen LogP contribution in [0.2, 0.25) is 0 Å². The maximum absolute atomic E-state index is 13.3. The molecule has 2 heterocycles. The minimum Gasteiger partial charge on any atom is -0.497 e. The van der Waals surface area contributed by atoms with Crippen molar-refractivity contribution in [2.75, 3.05) is 7.11 Å². The van der Waals surface area contributed by atoms with Gasteiger partial charge >= 0.3 is 17.6 Å². The van der Waals surface area contributed by atoms with Crippen molar-refractivity contribution in [3.63, 3.8) is 0 Å². The van der Waals surface area contributed by atoms with Gasteiger partial charge in [-0.3, -0.25) is 18.7 Å². The van der Waals surface area contributed by atoms with Gasteiger partial charge in [0, 0.05) is 25.1 Å². The van der Waals surface area contributed by atoms with Crippen LogP contribution >= 0.6 is 0 Å². The number of hydrogen-bond donors (Lipinski definition) is 0. The molecule has 1 aromatic heterocycles. The van der Waals surface area contributed by atoms with E-state index in [1.165, 1.54) is 17.7 Å². The predicted octanol–water partition coefficient (Wildman–Crippen LogP) is 1.94. The lowest BCUT2D eigenvalue weighted by Crippen LogP contribution is -2.42. The summed E-state index contributed by atoms with van der Waals surface area (Å²) in [7, 11) is 1.55. The third-order valence-corrected chi connectivity index (χ3v) is 5.21. The number of esters is 2. The molecule has 0 spiro atoms. The largest absolute Gasteiger partial charge is 0.497 e. The summed E-state index contributed by atoms with van der Waals surface area (Å²) in [6.07, 6.45) is -1.64. The molecule has 2 aromatic rings. The van der Waals surface area contributed by atoms with Gasteiger partial charge < -0.3 is 18.9 Å². The number of methoxy groups -OCH3 is 1. The maximum atomic E-state index is 13.3. The average Bonchev–Trinajstić information content (AvgIpc) is 3.16. The van der Waals surface area contributed by atoms with Crippen molar-refractivity contribution < 1.29 is 28.5 Å². The van der Waals surface area contributed by atoms with E-state index in [0.717, 1.165) is 10.1 Å². The highest BCUT2D eigenvalue weighted by Crippen LogP contribution is 2.31. The lowest BCUT2D eigenvalue weighted by Gasteiger charge is -2.24. The Labute approximate surface area is 197 Å². The highest BCUT2D eigenvalue weighted by Gasteiger charge is 2.45. The fraction of sp³-hybridized carbons (Fsp3) is 0.500. The molecule has 0 radical (unpaired) electrons. The number of aryl methyl sites for hydroxylation is 1. The molecule has 1 fully saturated rings. The molecule has 1 aliphatic rings. The highest BCUT2D eigenvalue weighted by atomic mass is 16.6. The second-order valence-corrected chi connectivity index (χ2v) is 9.17. The van der Waals surface area contributed by atoms with Crippen molar-refractivity contribution in [3.8, 4) is 5.75 Å². The van der Waals surface area contributed by atoms with E-state index in [4.69, 9.17) is 18.9 Å². The SMILES string of the molecule is COc1ccc(Cn2c(=O)c(C)cn([C@H]3C[C@H](OC(C)=O)[C@@H](C(=O)OC(C)(C)C)O3)c2=O)cc1. The molecule has 1 aromatic carbocycles. The van der Waals surface area contributed by atoms with Crippen LogP contribution in [0.15, 0.2) is 40.1 Å². The van der Waals surface area contributed by atoms with E-state index in [2.05, 4.69) is 0 Å². The summed E-state index contributed by atoms with van der Waals surface area (Å²) in [5, 5.41) is 0. The molecule has 0 N–H and O–H groups in total. The molecule has 0 unspecified atom stereocenters. The summed E-state index contributed by atoms with van der Waals surface area (Å²) in [5.74, 6) is -0.629. The van der Waals surface area contributed by atoms with Gasteiger partial charge in [0.05, 0.1) is 13.7 Å². The van der Waals surface area contributed by atoms with Gasteiger partial charge in [0.25, 0.3) is 5.56 Å². The van der Waals surface area contributed by atoms with Gasteiger partial charge in [-0.2, -0.15) is 0 Å². The topological polar surface area (TPSA) is 115 Å². The summed E-state index contributed by atoms with van der Waals surface area (Å²) >= 11 is 0. The predicted molar refractivity (Wildman–Crippen MR) is 122 cm³/mol. The second-order valence-electron chi connectivity index (χ2n) is 9.17. The van der Waals surface area contributed by atoms with E-state index in [1.807, 2.05) is 0 Å². The van der Waals surface area contributed by atoms with Gasteiger partial charge in [0.2, 0.25) is 0 Å². The lowest BCUT2D eigenvalue weighted by atomic mass is 10.1. The average molecular weight is 475 g/mol. The van der Waals surface area contributed by atoms with Gasteiger partial charge in [-0.15, -0.1) is 0 Å². The number of carbonyl (C=O) groups is 2. The van der Waals surface area contributed by atoms with Crippen LogP contribution in [0.5, 0.6) is 5.75 Å². The Morgan fingerprint density at radius 3 is 2.35 bits per heavy atom. The van der Waals surface area contributed by atoms with Gasteiger partial charge in [-0.1, -0.05) is 12.1 Å². The molecule has 3 rings (SSSR count). The smallest absolute Gasteiger partial charge is 0.339 e. The number of aromatic nitrogens is 2. The van der Waals surface area contributed by atoms with Crippen LogP contribution in [0.4, 0.5) is 0 Å². The Kier molecular flexibility index (Phi) is 7.30. The van der Waals surface area contributed by atoms with Gasteiger partial charge in [-0.05, 0) is 45.4 Å². The summed E-state index contributed by atoms with van der Waals surface area (Å²) in [6, 6.07) is 7.01. The van der Waals surface area contributed by atoms with Crippen LogP contribution in [0, 0.1) is 6.92 Å². The molecule has 10 nitrogen and oxygen atoms in total. The van der Waals surface area contributed by atoms with Crippen LogP contribution in [0.25, 0.3) is 0 Å². The van der Waals surface area contributed by atoms with Crippen LogP contribution in [0.3, 0.4) is 0 Å². The molecule has 10 heteroatoms. The Balaban J connectivity index is 1.95. The number of benzene rings is 1. The zero-order chi connectivity index (χ0) is 25.2. The van der Waals surface area contributed by atoms with Crippen molar-refractivity contribution in [1.29, 1.82) is 0 Å². The van der Waals surface area contributed by atoms with Crippen molar-refractivity contribution in [2.45, 2.75) is 71.6 Å². The molecule has 1 saturated heterocycles. The first-order valence-corrected chi connectivity index (χ1v) is 10.9. The molecular formula is C24H30N2O8. The second kappa shape index (κ2) is 9.84. The molecule has 0 saturated carbocycles. The summed E-state index contributed by atoms with van der Waals surface area (Å²) < 4.78 is 24.1. The van der Waals surface area contributed by atoms with Crippen LogP contribution in [-0.4, -0.2) is 46.0 Å². The van der Waals surface area contributed by atoms with Crippen molar-refractivity contribution in [1.82, 2.24) is 9.13 Å². The summed E-state index contributed by atoms with van der Waals surface area (Å²) in [5.41, 5.74) is -0.772. The van der Waals surface area contributed by atoms with E-state index in [-0.39, 0.29) is 13.0 Å². The Hall–Kier alpha value is -3.40. The minimum absolute atomic E-state index is 0.0406. The normalized spacial score (nSPS) is 20.1. The molecule has 0 amide bonds. The highest BCUT2D eigenvalue weighted by molar-refractivity contribution is 5.77. The van der Waals surface area contributed by atoms with Gasteiger partial charge in [0.15, 0.2) is 6.10 Å². The Bertz CT molecular complexity index is 1170. The maximum Gasteiger partial charge on any atom is 0.339 e. The fourth-order valence-electron chi connectivity index (χ4n) is 3.72. The Morgan fingerprint density at radius 1 is 1.15 bits per heavy atom. The minimum atomic E-state index is -1.21.